The summed E-state index contributed by atoms with van der Waals surface area (Å²) in [5, 5.41) is 8.07. The van der Waals surface area contributed by atoms with Crippen LogP contribution < -0.4 is 0 Å². The first kappa shape index (κ1) is 24.3. The SMILES string of the molecule is C1=Cc2c(oc3cccc(-n4c5ccccc5c5c6oc7c(ccc8c7c7ccccc7n8-c7ccccc7)c6ccc54)c23)CC1. The first-order chi connectivity index (χ1) is 22.8. The van der Waals surface area contributed by atoms with E-state index in [0.717, 1.165) is 90.2 Å². The third kappa shape index (κ3) is 3.03. The van der Waals surface area contributed by atoms with Crippen molar-refractivity contribution in [1.29, 1.82) is 0 Å². The van der Waals surface area contributed by atoms with E-state index in [1.165, 1.54) is 21.9 Å². The van der Waals surface area contributed by atoms with Gasteiger partial charge in [0.1, 0.15) is 22.5 Å². The molecule has 0 bridgehead atoms. The highest BCUT2D eigenvalue weighted by atomic mass is 16.3. The fourth-order valence-corrected chi connectivity index (χ4v) is 8.08. The molecule has 0 atom stereocenters. The van der Waals surface area contributed by atoms with Crippen LogP contribution in [0.2, 0.25) is 0 Å². The van der Waals surface area contributed by atoms with Crippen LogP contribution in [-0.4, -0.2) is 9.13 Å². The molecule has 0 N–H and O–H groups in total. The van der Waals surface area contributed by atoms with E-state index in [0.29, 0.717) is 0 Å². The van der Waals surface area contributed by atoms with Crippen molar-refractivity contribution in [1.82, 2.24) is 9.13 Å². The highest BCUT2D eigenvalue weighted by Gasteiger charge is 2.24. The average molecular weight is 591 g/mol. The zero-order chi connectivity index (χ0) is 29.9. The van der Waals surface area contributed by atoms with Crippen LogP contribution in [0, 0.1) is 0 Å². The van der Waals surface area contributed by atoms with Crippen LogP contribution in [0.25, 0.3) is 94.0 Å². The van der Waals surface area contributed by atoms with Gasteiger partial charge in [-0.3, -0.25) is 0 Å². The van der Waals surface area contributed by atoms with Gasteiger partial charge in [0.2, 0.25) is 0 Å². The van der Waals surface area contributed by atoms with Crippen molar-refractivity contribution in [3.63, 3.8) is 0 Å². The molecule has 6 aromatic carbocycles. The summed E-state index contributed by atoms with van der Waals surface area (Å²) in [5.74, 6) is 1.07. The maximum atomic E-state index is 7.10. The molecule has 4 nitrogen and oxygen atoms in total. The normalized spacial score (nSPS) is 13.4. The second kappa shape index (κ2) is 8.80. The van der Waals surface area contributed by atoms with E-state index in [1.54, 1.807) is 0 Å². The number of nitrogens with zero attached hydrogens (tertiary/aromatic N) is 2. The summed E-state index contributed by atoms with van der Waals surface area (Å²) in [6.07, 6.45) is 6.44. The summed E-state index contributed by atoms with van der Waals surface area (Å²) in [6.45, 7) is 0. The molecule has 4 aromatic heterocycles. The van der Waals surface area contributed by atoms with E-state index in [-0.39, 0.29) is 0 Å². The van der Waals surface area contributed by atoms with Crippen LogP contribution in [0.4, 0.5) is 0 Å². The van der Waals surface area contributed by atoms with Crippen molar-refractivity contribution in [2.45, 2.75) is 12.8 Å². The molecule has 11 rings (SSSR count). The molecule has 10 aromatic rings. The van der Waals surface area contributed by atoms with Gasteiger partial charge in [0.25, 0.3) is 0 Å². The van der Waals surface area contributed by atoms with E-state index in [4.69, 9.17) is 8.83 Å². The summed E-state index contributed by atoms with van der Waals surface area (Å²) in [7, 11) is 0. The zero-order valence-corrected chi connectivity index (χ0v) is 24.8. The Balaban J connectivity index is 1.28. The number of aryl methyl sites for hydroxylation is 1. The van der Waals surface area contributed by atoms with Crippen molar-refractivity contribution in [3.8, 4) is 11.4 Å². The van der Waals surface area contributed by atoms with E-state index in [9.17, 15) is 0 Å². The van der Waals surface area contributed by atoms with E-state index >= 15 is 0 Å². The molecule has 0 radical (unpaired) electrons. The third-order valence-corrected chi connectivity index (χ3v) is 9.96. The van der Waals surface area contributed by atoms with E-state index in [1.807, 2.05) is 0 Å². The van der Waals surface area contributed by atoms with Gasteiger partial charge in [-0.2, -0.15) is 0 Å². The Morgan fingerprint density at radius 2 is 1.13 bits per heavy atom. The van der Waals surface area contributed by atoms with Crippen molar-refractivity contribution < 1.29 is 8.83 Å². The van der Waals surface area contributed by atoms with Gasteiger partial charge >= 0.3 is 0 Å². The summed E-state index contributed by atoms with van der Waals surface area (Å²) in [5.41, 5.74) is 10.8. The molecular weight excluding hydrogens is 564 g/mol. The summed E-state index contributed by atoms with van der Waals surface area (Å²) < 4.78 is 18.2. The quantitative estimate of drug-likeness (QED) is 0.201. The van der Waals surface area contributed by atoms with Crippen LogP contribution in [0.3, 0.4) is 0 Å². The molecule has 0 fully saturated rings. The van der Waals surface area contributed by atoms with Crippen LogP contribution in [-0.2, 0) is 6.42 Å². The smallest absolute Gasteiger partial charge is 0.145 e. The van der Waals surface area contributed by atoms with Crippen molar-refractivity contribution in [3.05, 3.63) is 139 Å². The topological polar surface area (TPSA) is 36.1 Å². The largest absolute Gasteiger partial charge is 0.460 e. The number of para-hydroxylation sites is 3. The number of allylic oxidation sites excluding steroid dienone is 1. The molecule has 4 heteroatoms. The number of benzene rings is 6. The van der Waals surface area contributed by atoms with Crippen LogP contribution in [0.15, 0.2) is 136 Å². The lowest BCUT2D eigenvalue weighted by Crippen LogP contribution is -1.96. The van der Waals surface area contributed by atoms with Crippen molar-refractivity contribution in [2.75, 3.05) is 0 Å². The molecule has 0 aliphatic heterocycles. The second-order valence-electron chi connectivity index (χ2n) is 12.3. The highest BCUT2D eigenvalue weighted by molar-refractivity contribution is 6.29. The maximum Gasteiger partial charge on any atom is 0.145 e. The minimum absolute atomic E-state index is 0.924. The predicted octanol–water partition coefficient (Wildman–Crippen LogP) is 11.5. The monoisotopic (exact) mass is 590 g/mol. The molecule has 1 aliphatic carbocycles. The summed E-state index contributed by atoms with van der Waals surface area (Å²) in [4.78, 5) is 0. The standard InChI is InChI=1S/C42H26N2O2/c1-2-11-25(12-3-1)43-31-16-7-4-13-28(31)39-34(43)23-21-26-27-22-24-35-40(42(27)46-41(26)39)29-14-5-8-17-32(29)44(35)33-18-10-20-37-38(33)30-15-6-9-19-36(30)45-37/h1-8,10-18,20-24H,9,19H2. The summed E-state index contributed by atoms with van der Waals surface area (Å²) >= 11 is 0. The Kier molecular flexibility index (Phi) is 4.66. The minimum Gasteiger partial charge on any atom is -0.460 e. The van der Waals surface area contributed by atoms with E-state index < -0.39 is 0 Å². The number of rotatable bonds is 2. The van der Waals surface area contributed by atoms with Crippen molar-refractivity contribution >= 4 is 82.6 Å². The van der Waals surface area contributed by atoms with Gasteiger partial charge in [-0.25, -0.2) is 0 Å². The number of fused-ring (bicyclic) bond motifs is 14. The highest BCUT2D eigenvalue weighted by Crippen LogP contribution is 2.45. The molecule has 46 heavy (non-hydrogen) atoms. The Labute approximate surface area is 263 Å². The molecule has 0 saturated heterocycles. The Morgan fingerprint density at radius 1 is 0.478 bits per heavy atom. The van der Waals surface area contributed by atoms with Crippen LogP contribution in [0.5, 0.6) is 0 Å². The third-order valence-electron chi connectivity index (χ3n) is 9.96. The molecule has 216 valence electrons. The van der Waals surface area contributed by atoms with E-state index in [2.05, 4.69) is 143 Å². The predicted molar refractivity (Wildman–Crippen MR) is 190 cm³/mol. The molecular formula is C42H26N2O2. The molecule has 0 unspecified atom stereocenters. The van der Waals surface area contributed by atoms with Crippen molar-refractivity contribution in [2.24, 2.45) is 0 Å². The maximum absolute atomic E-state index is 7.10. The van der Waals surface area contributed by atoms with Crippen LogP contribution >= 0.6 is 0 Å². The first-order valence-electron chi connectivity index (χ1n) is 15.9. The van der Waals surface area contributed by atoms with Gasteiger partial charge in [-0.15, -0.1) is 0 Å². The van der Waals surface area contributed by atoms with Gasteiger partial charge in [-0.1, -0.05) is 72.8 Å². The van der Waals surface area contributed by atoms with Gasteiger partial charge in [0.15, 0.2) is 0 Å². The first-order valence-corrected chi connectivity index (χ1v) is 15.9. The molecule has 0 amide bonds. The fraction of sp³-hybridized carbons (Fsp3) is 0.0476. The van der Waals surface area contributed by atoms with Gasteiger partial charge in [0, 0.05) is 39.2 Å². The summed E-state index contributed by atoms with van der Waals surface area (Å²) in [6, 6.07) is 43.4. The zero-order valence-electron chi connectivity index (χ0n) is 24.8. The van der Waals surface area contributed by atoms with Gasteiger partial charge < -0.3 is 18.0 Å². The molecule has 1 aliphatic rings. The van der Waals surface area contributed by atoms with Gasteiger partial charge in [-0.05, 0) is 67.1 Å². The molecule has 0 saturated carbocycles. The van der Waals surface area contributed by atoms with Gasteiger partial charge in [0.05, 0.1) is 43.9 Å². The lowest BCUT2D eigenvalue weighted by atomic mass is 10.0. The molecule has 4 heterocycles. The Morgan fingerprint density at radius 3 is 1.87 bits per heavy atom. The minimum atomic E-state index is 0.924. The number of aromatic nitrogens is 2. The molecule has 0 spiro atoms. The lowest BCUT2D eigenvalue weighted by Gasteiger charge is -2.10. The lowest BCUT2D eigenvalue weighted by molar-refractivity contribution is 0.546. The second-order valence-corrected chi connectivity index (χ2v) is 12.3. The average Bonchev–Trinajstić information content (AvgIpc) is 3.85. The fourth-order valence-electron chi connectivity index (χ4n) is 8.08. The number of hydrogen-bond donors (Lipinski definition) is 0. The number of furan rings is 2. The Bertz CT molecular complexity index is 2910. The Hall–Kier alpha value is -6.00. The number of hydrogen-bond acceptors (Lipinski definition) is 2. The van der Waals surface area contributed by atoms with Crippen LogP contribution in [0.1, 0.15) is 17.7 Å².